The number of hydrogen-bond acceptors (Lipinski definition) is 2. The van der Waals surface area contributed by atoms with Gasteiger partial charge in [0.05, 0.1) is 0 Å². The summed E-state index contributed by atoms with van der Waals surface area (Å²) in [4.78, 5) is 0. The Hall–Kier alpha value is -2.48. The fraction of sp³-hybridized carbons (Fsp3) is 0.111. The van der Waals surface area contributed by atoms with Crippen molar-refractivity contribution >= 4 is 16.5 Å². The molecule has 0 heterocycles. The van der Waals surface area contributed by atoms with Crippen molar-refractivity contribution in [3.63, 3.8) is 0 Å². The topological polar surface area (TPSA) is 35.2 Å². The predicted molar refractivity (Wildman–Crippen MR) is 86.2 cm³/mol. The molecule has 0 aliphatic heterocycles. The zero-order valence-electron chi connectivity index (χ0n) is 11.8. The van der Waals surface area contributed by atoms with E-state index in [1.54, 1.807) is 0 Å². The number of fused-ring (bicyclic) bond motifs is 1. The Balaban J connectivity index is 0.000000704. The maximum Gasteiger partial charge on any atom is 0.128 e. The number of anilines is 1. The minimum absolute atomic E-state index is 0.737. The average Bonchev–Trinajstić information content (AvgIpc) is 2.51. The van der Waals surface area contributed by atoms with Crippen LogP contribution in [0.4, 0.5) is 5.69 Å². The second-order valence-electron chi connectivity index (χ2n) is 4.18. The van der Waals surface area contributed by atoms with Crippen LogP contribution < -0.4 is 10.5 Å². The predicted octanol–water partition coefficient (Wildman–Crippen LogP) is 5.24. The molecule has 102 valence electrons. The van der Waals surface area contributed by atoms with Gasteiger partial charge < -0.3 is 10.5 Å². The average molecular weight is 265 g/mol. The highest BCUT2D eigenvalue weighted by molar-refractivity contribution is 5.83. The first kappa shape index (κ1) is 13.9. The number of hydrogen-bond donors (Lipinski definition) is 1. The summed E-state index contributed by atoms with van der Waals surface area (Å²) in [6.07, 6.45) is 0. The van der Waals surface area contributed by atoms with Gasteiger partial charge in [-0.3, -0.25) is 0 Å². The summed E-state index contributed by atoms with van der Waals surface area (Å²) >= 11 is 0. The van der Waals surface area contributed by atoms with Crippen LogP contribution in [0.3, 0.4) is 0 Å². The highest BCUT2D eigenvalue weighted by Crippen LogP contribution is 2.25. The Labute approximate surface area is 119 Å². The van der Waals surface area contributed by atoms with Gasteiger partial charge in [0, 0.05) is 5.69 Å². The Kier molecular flexibility index (Phi) is 4.61. The lowest BCUT2D eigenvalue weighted by Crippen LogP contribution is -1.86. The number of ether oxygens (including phenoxy) is 1. The quantitative estimate of drug-likeness (QED) is 0.643. The molecule has 3 rings (SSSR count). The van der Waals surface area contributed by atoms with Crippen LogP contribution in [0.25, 0.3) is 10.8 Å². The van der Waals surface area contributed by atoms with Crippen molar-refractivity contribution in [3.8, 4) is 11.5 Å². The molecule has 3 aromatic carbocycles. The van der Waals surface area contributed by atoms with Crippen LogP contribution in [0.5, 0.6) is 11.5 Å². The van der Waals surface area contributed by atoms with E-state index >= 15 is 0 Å². The first-order chi connectivity index (χ1) is 9.81. The maximum absolute atomic E-state index is 5.79. The summed E-state index contributed by atoms with van der Waals surface area (Å²) in [6, 6.07) is 21.7. The van der Waals surface area contributed by atoms with E-state index in [4.69, 9.17) is 10.5 Å². The third kappa shape index (κ3) is 3.29. The number of nitrogen functional groups attached to an aromatic ring is 1. The molecule has 2 nitrogen and oxygen atoms in total. The fourth-order valence-electron chi connectivity index (χ4n) is 1.90. The highest BCUT2D eigenvalue weighted by Gasteiger charge is 1.99. The third-order valence-corrected chi connectivity index (χ3v) is 2.84. The fourth-order valence-corrected chi connectivity index (χ4v) is 1.90. The van der Waals surface area contributed by atoms with Crippen LogP contribution in [0, 0.1) is 0 Å². The lowest BCUT2D eigenvalue weighted by Gasteiger charge is -2.07. The Morgan fingerprint density at radius 2 is 1.30 bits per heavy atom. The van der Waals surface area contributed by atoms with Crippen molar-refractivity contribution in [1.29, 1.82) is 0 Å². The largest absolute Gasteiger partial charge is 0.457 e. The smallest absolute Gasteiger partial charge is 0.128 e. The second kappa shape index (κ2) is 6.62. The monoisotopic (exact) mass is 265 g/mol. The molecule has 0 saturated heterocycles. The van der Waals surface area contributed by atoms with Gasteiger partial charge in [-0.15, -0.1) is 0 Å². The van der Waals surface area contributed by atoms with E-state index in [-0.39, 0.29) is 0 Å². The normalized spacial score (nSPS) is 9.70. The van der Waals surface area contributed by atoms with Crippen LogP contribution in [0.1, 0.15) is 13.8 Å². The lowest BCUT2D eigenvalue weighted by atomic mass is 10.1. The minimum atomic E-state index is 0.737. The van der Waals surface area contributed by atoms with E-state index in [2.05, 4.69) is 18.2 Å². The first-order valence-electron chi connectivity index (χ1n) is 6.83. The van der Waals surface area contributed by atoms with Gasteiger partial charge in [-0.25, -0.2) is 0 Å². The second-order valence-corrected chi connectivity index (χ2v) is 4.18. The van der Waals surface area contributed by atoms with Gasteiger partial charge in [0.15, 0.2) is 0 Å². The van der Waals surface area contributed by atoms with Crippen LogP contribution in [0.15, 0.2) is 66.7 Å². The summed E-state index contributed by atoms with van der Waals surface area (Å²) in [5, 5.41) is 2.38. The van der Waals surface area contributed by atoms with E-state index < -0.39 is 0 Å². The SMILES string of the molecule is CC.Nc1ccc(Oc2ccc3ccccc3c2)cc1. The molecular formula is C18H19NO. The molecule has 2 heteroatoms. The molecule has 0 aromatic heterocycles. The van der Waals surface area contributed by atoms with Gasteiger partial charge in [-0.1, -0.05) is 44.2 Å². The maximum atomic E-state index is 5.79. The molecule has 3 aromatic rings. The van der Waals surface area contributed by atoms with Gasteiger partial charge >= 0.3 is 0 Å². The first-order valence-corrected chi connectivity index (χ1v) is 6.83. The van der Waals surface area contributed by atoms with Gasteiger partial charge in [-0.05, 0) is 47.2 Å². The van der Waals surface area contributed by atoms with Crippen molar-refractivity contribution < 1.29 is 4.74 Å². The molecule has 0 saturated carbocycles. The molecule has 2 N–H and O–H groups in total. The van der Waals surface area contributed by atoms with Gasteiger partial charge in [-0.2, -0.15) is 0 Å². The third-order valence-electron chi connectivity index (χ3n) is 2.84. The summed E-state index contributed by atoms with van der Waals surface area (Å²) < 4.78 is 5.79. The molecule has 0 radical (unpaired) electrons. The van der Waals surface area contributed by atoms with Crippen LogP contribution >= 0.6 is 0 Å². The van der Waals surface area contributed by atoms with Crippen molar-refractivity contribution in [2.75, 3.05) is 5.73 Å². The molecule has 0 bridgehead atoms. The molecule has 20 heavy (non-hydrogen) atoms. The van der Waals surface area contributed by atoms with Crippen LogP contribution in [-0.2, 0) is 0 Å². The van der Waals surface area contributed by atoms with E-state index in [0.29, 0.717) is 0 Å². The van der Waals surface area contributed by atoms with Crippen molar-refractivity contribution in [2.24, 2.45) is 0 Å². The van der Waals surface area contributed by atoms with Crippen LogP contribution in [0.2, 0.25) is 0 Å². The molecule has 0 spiro atoms. The number of nitrogens with two attached hydrogens (primary N) is 1. The molecule has 0 amide bonds. The van der Waals surface area contributed by atoms with Gasteiger partial charge in [0.25, 0.3) is 0 Å². The van der Waals surface area contributed by atoms with Crippen molar-refractivity contribution in [3.05, 3.63) is 66.7 Å². The Bertz CT molecular complexity index is 674. The standard InChI is InChI=1S/C16H13NO.C2H6/c17-14-6-9-15(10-7-14)18-16-8-5-12-3-1-2-4-13(12)11-16;1-2/h1-11H,17H2;1-2H3. The van der Waals surface area contributed by atoms with Gasteiger partial charge in [0.2, 0.25) is 0 Å². The Morgan fingerprint density at radius 3 is 2.00 bits per heavy atom. The van der Waals surface area contributed by atoms with Crippen LogP contribution in [-0.4, -0.2) is 0 Å². The summed E-state index contributed by atoms with van der Waals surface area (Å²) in [5.41, 5.74) is 6.38. The molecule has 0 aliphatic carbocycles. The molecule has 0 fully saturated rings. The van der Waals surface area contributed by atoms with E-state index in [1.165, 1.54) is 10.8 Å². The zero-order chi connectivity index (χ0) is 14.4. The van der Waals surface area contributed by atoms with E-state index in [9.17, 15) is 0 Å². The molecule has 0 atom stereocenters. The summed E-state index contributed by atoms with van der Waals surface area (Å²) in [7, 11) is 0. The Morgan fingerprint density at radius 1 is 0.700 bits per heavy atom. The number of rotatable bonds is 2. The summed E-state index contributed by atoms with van der Waals surface area (Å²) in [5.74, 6) is 1.62. The molecule has 0 aliphatic rings. The minimum Gasteiger partial charge on any atom is -0.457 e. The molecule has 0 unspecified atom stereocenters. The van der Waals surface area contributed by atoms with Gasteiger partial charge in [0.1, 0.15) is 11.5 Å². The van der Waals surface area contributed by atoms with E-state index in [1.807, 2.05) is 62.4 Å². The van der Waals surface area contributed by atoms with E-state index in [0.717, 1.165) is 17.2 Å². The summed E-state index contributed by atoms with van der Waals surface area (Å²) in [6.45, 7) is 4.00. The highest BCUT2D eigenvalue weighted by atomic mass is 16.5. The lowest BCUT2D eigenvalue weighted by molar-refractivity contribution is 0.483. The van der Waals surface area contributed by atoms with Crippen molar-refractivity contribution in [1.82, 2.24) is 0 Å². The van der Waals surface area contributed by atoms with Crippen molar-refractivity contribution in [2.45, 2.75) is 13.8 Å². The number of benzene rings is 3. The zero-order valence-corrected chi connectivity index (χ0v) is 11.8. The molecular weight excluding hydrogens is 246 g/mol.